The van der Waals surface area contributed by atoms with Gasteiger partial charge < -0.3 is 9.47 Å². The van der Waals surface area contributed by atoms with E-state index in [0.29, 0.717) is 24.4 Å². The van der Waals surface area contributed by atoms with Gasteiger partial charge in [0, 0.05) is 5.56 Å². The molecule has 0 saturated heterocycles. The second-order valence-corrected chi connectivity index (χ2v) is 6.77. The largest absolute Gasteiger partial charge is 0.486 e. The van der Waals surface area contributed by atoms with Crippen LogP contribution in [-0.2, 0) is 14.3 Å². The molecular weight excluding hydrogens is 367 g/mol. The maximum absolute atomic E-state index is 12.2. The molecule has 3 nitrogen and oxygen atoms in total. The van der Waals surface area contributed by atoms with Crippen LogP contribution < -0.4 is 0 Å². The lowest BCUT2D eigenvalue weighted by molar-refractivity contribution is -0.139. The van der Waals surface area contributed by atoms with Crippen LogP contribution in [0, 0.1) is 0 Å². The van der Waals surface area contributed by atoms with E-state index < -0.39 is 0 Å². The van der Waals surface area contributed by atoms with Crippen LogP contribution in [0.5, 0.6) is 0 Å². The highest BCUT2D eigenvalue weighted by atomic mass is 127. The normalized spacial score (nSPS) is 21.3. The Hall–Kier alpha value is -1.04. The van der Waals surface area contributed by atoms with Crippen molar-refractivity contribution in [3.63, 3.8) is 0 Å². The minimum absolute atomic E-state index is 0.229. The number of esters is 1. The molecule has 1 aromatic carbocycles. The van der Waals surface area contributed by atoms with E-state index in [0.717, 1.165) is 5.56 Å². The van der Waals surface area contributed by atoms with Crippen LogP contribution in [0.1, 0.15) is 32.8 Å². The molecule has 0 N–H and O–H groups in total. The number of alkyl halides is 1. The Bertz CT molecular complexity index is 520. The second kappa shape index (κ2) is 6.16. The number of ether oxygens (including phenoxy) is 2. The Morgan fingerprint density at radius 1 is 1.40 bits per heavy atom. The zero-order valence-corrected chi connectivity index (χ0v) is 14.1. The van der Waals surface area contributed by atoms with Crippen LogP contribution in [-0.4, -0.2) is 22.1 Å². The predicted octanol–water partition coefficient (Wildman–Crippen LogP) is 3.96. The number of carbonyl (C=O) groups excluding carboxylic acids is 1. The van der Waals surface area contributed by atoms with Gasteiger partial charge in [-0.2, -0.15) is 0 Å². The fourth-order valence-corrected chi connectivity index (χ4v) is 2.69. The first-order chi connectivity index (χ1) is 9.45. The van der Waals surface area contributed by atoms with Crippen molar-refractivity contribution in [2.24, 2.45) is 0 Å². The van der Waals surface area contributed by atoms with E-state index in [1.54, 1.807) is 0 Å². The molecular formula is C16H19IO3. The summed E-state index contributed by atoms with van der Waals surface area (Å²) < 4.78 is 11.5. The lowest BCUT2D eigenvalue weighted by Gasteiger charge is -2.38. The summed E-state index contributed by atoms with van der Waals surface area (Å²) in [5.41, 5.74) is 1.26. The third-order valence-corrected chi connectivity index (χ3v) is 5.27. The van der Waals surface area contributed by atoms with Crippen molar-refractivity contribution in [3.8, 4) is 0 Å². The Morgan fingerprint density at radius 3 is 2.65 bits per heavy atom. The third-order valence-electron chi connectivity index (χ3n) is 3.33. The van der Waals surface area contributed by atoms with Gasteiger partial charge in [-0.1, -0.05) is 52.9 Å². The number of halogens is 1. The van der Waals surface area contributed by atoms with Crippen molar-refractivity contribution in [1.82, 2.24) is 0 Å². The molecule has 1 unspecified atom stereocenters. The van der Waals surface area contributed by atoms with Crippen LogP contribution in [0.15, 0.2) is 35.9 Å². The molecule has 20 heavy (non-hydrogen) atoms. The van der Waals surface area contributed by atoms with E-state index in [9.17, 15) is 4.79 Å². The molecule has 0 amide bonds. The van der Waals surface area contributed by atoms with Crippen molar-refractivity contribution in [2.75, 3.05) is 6.61 Å². The Labute approximate surface area is 133 Å². The van der Waals surface area contributed by atoms with Gasteiger partial charge in [0.1, 0.15) is 11.4 Å². The van der Waals surface area contributed by atoms with Gasteiger partial charge in [-0.3, -0.25) is 0 Å². The van der Waals surface area contributed by atoms with E-state index in [4.69, 9.17) is 9.47 Å². The summed E-state index contributed by atoms with van der Waals surface area (Å²) in [7, 11) is 0. The Kier molecular flexibility index (Phi) is 4.73. The molecule has 1 aromatic rings. The van der Waals surface area contributed by atoms with Crippen LogP contribution in [0.4, 0.5) is 0 Å². The second-order valence-electron chi connectivity index (χ2n) is 5.27. The molecule has 1 heterocycles. The first-order valence-electron chi connectivity index (χ1n) is 6.74. The molecule has 108 valence electrons. The fourth-order valence-electron chi connectivity index (χ4n) is 2.12. The molecule has 2 rings (SSSR count). The fraction of sp³-hybridized carbons (Fsp3) is 0.438. The maximum Gasteiger partial charge on any atom is 0.337 e. The smallest absolute Gasteiger partial charge is 0.337 e. The summed E-state index contributed by atoms with van der Waals surface area (Å²) in [4.78, 5) is 12.2. The summed E-state index contributed by atoms with van der Waals surface area (Å²) in [6.45, 7) is 6.29. The van der Waals surface area contributed by atoms with E-state index in [1.165, 1.54) is 0 Å². The number of hydrogen-bond donors (Lipinski definition) is 0. The van der Waals surface area contributed by atoms with Crippen LogP contribution >= 0.6 is 22.6 Å². The van der Waals surface area contributed by atoms with Gasteiger partial charge in [-0.15, -0.1) is 0 Å². The third kappa shape index (κ3) is 3.16. The molecule has 0 saturated carbocycles. The standard InChI is InChI=1S/C16H19IO3/c1-4-19-15(18)12-10-13(17)16(2,3)20-14(12)11-8-6-5-7-9-11/h5-9,13H,4,10H2,1-3H3. The first kappa shape index (κ1) is 15.4. The molecule has 1 aliphatic rings. The van der Waals surface area contributed by atoms with Crippen molar-refractivity contribution >= 4 is 34.3 Å². The zero-order chi connectivity index (χ0) is 14.8. The van der Waals surface area contributed by atoms with E-state index >= 15 is 0 Å². The molecule has 0 aromatic heterocycles. The van der Waals surface area contributed by atoms with E-state index in [-0.39, 0.29) is 15.5 Å². The average Bonchev–Trinajstić information content (AvgIpc) is 2.42. The number of carbonyl (C=O) groups is 1. The number of hydrogen-bond acceptors (Lipinski definition) is 3. The lowest BCUT2D eigenvalue weighted by Crippen LogP contribution is -2.39. The number of benzene rings is 1. The minimum Gasteiger partial charge on any atom is -0.486 e. The first-order valence-corrected chi connectivity index (χ1v) is 7.99. The van der Waals surface area contributed by atoms with Gasteiger partial charge in [0.2, 0.25) is 0 Å². The van der Waals surface area contributed by atoms with E-state index in [1.807, 2.05) is 37.3 Å². The summed E-state index contributed by atoms with van der Waals surface area (Å²) >= 11 is 2.34. The lowest BCUT2D eigenvalue weighted by atomic mass is 9.92. The molecule has 4 heteroatoms. The van der Waals surface area contributed by atoms with Crippen LogP contribution in [0.3, 0.4) is 0 Å². The van der Waals surface area contributed by atoms with Crippen molar-refractivity contribution in [3.05, 3.63) is 41.5 Å². The van der Waals surface area contributed by atoms with Gasteiger partial charge in [-0.05, 0) is 27.2 Å². The summed E-state index contributed by atoms with van der Waals surface area (Å²) in [5, 5.41) is 0. The Morgan fingerprint density at radius 2 is 2.05 bits per heavy atom. The summed E-state index contributed by atoms with van der Waals surface area (Å²) in [6, 6.07) is 9.74. The maximum atomic E-state index is 12.2. The van der Waals surface area contributed by atoms with Crippen molar-refractivity contribution in [1.29, 1.82) is 0 Å². The highest BCUT2D eigenvalue weighted by Gasteiger charge is 2.39. The highest BCUT2D eigenvalue weighted by molar-refractivity contribution is 14.1. The van der Waals surface area contributed by atoms with E-state index in [2.05, 4.69) is 36.4 Å². The molecule has 0 bridgehead atoms. The summed E-state index contributed by atoms with van der Waals surface area (Å²) in [6.07, 6.45) is 0.663. The van der Waals surface area contributed by atoms with Gasteiger partial charge in [0.25, 0.3) is 0 Å². The number of rotatable bonds is 3. The Balaban J connectivity index is 2.47. The molecule has 0 fully saturated rings. The zero-order valence-electron chi connectivity index (χ0n) is 12.0. The molecule has 0 radical (unpaired) electrons. The van der Waals surface area contributed by atoms with Gasteiger partial charge in [-0.25, -0.2) is 4.79 Å². The molecule has 1 atom stereocenters. The van der Waals surface area contributed by atoms with Crippen molar-refractivity contribution < 1.29 is 14.3 Å². The van der Waals surface area contributed by atoms with Gasteiger partial charge >= 0.3 is 5.97 Å². The van der Waals surface area contributed by atoms with Gasteiger partial charge in [0.05, 0.1) is 16.1 Å². The summed E-state index contributed by atoms with van der Waals surface area (Å²) in [5.74, 6) is 0.380. The van der Waals surface area contributed by atoms with Gasteiger partial charge in [0.15, 0.2) is 0 Å². The average molecular weight is 386 g/mol. The topological polar surface area (TPSA) is 35.5 Å². The van der Waals surface area contributed by atoms with Crippen LogP contribution in [0.25, 0.3) is 5.76 Å². The highest BCUT2D eigenvalue weighted by Crippen LogP contribution is 2.40. The van der Waals surface area contributed by atoms with Crippen LogP contribution in [0.2, 0.25) is 0 Å². The predicted molar refractivity (Wildman–Crippen MR) is 87.6 cm³/mol. The molecule has 0 aliphatic carbocycles. The monoisotopic (exact) mass is 386 g/mol. The molecule has 1 aliphatic heterocycles. The minimum atomic E-state index is -0.304. The molecule has 0 spiro atoms. The van der Waals surface area contributed by atoms with Crippen molar-refractivity contribution in [2.45, 2.75) is 36.7 Å². The SMILES string of the molecule is CCOC(=O)C1=C(c2ccccc2)OC(C)(C)C(I)C1. The quantitative estimate of drug-likeness (QED) is 0.448.